The third-order valence-electron chi connectivity index (χ3n) is 3.02. The molecule has 0 saturated carbocycles. The van der Waals surface area contributed by atoms with Gasteiger partial charge < -0.3 is 9.47 Å². The van der Waals surface area contributed by atoms with Gasteiger partial charge in [0, 0.05) is 20.5 Å². The number of rotatable bonds is 4. The quantitative estimate of drug-likeness (QED) is 0.800. The van der Waals surface area contributed by atoms with Gasteiger partial charge in [-0.15, -0.1) is 11.3 Å². The lowest BCUT2D eigenvalue weighted by Gasteiger charge is -2.06. The second-order valence-electron chi connectivity index (χ2n) is 4.23. The van der Waals surface area contributed by atoms with Crippen molar-refractivity contribution in [1.82, 2.24) is 0 Å². The molecule has 0 amide bonds. The molecule has 2 aromatic rings. The van der Waals surface area contributed by atoms with Gasteiger partial charge in [-0.05, 0) is 31.2 Å². The van der Waals surface area contributed by atoms with Crippen LogP contribution in [0.5, 0.6) is 5.75 Å². The number of ether oxygens (including phenoxy) is 2. The van der Waals surface area contributed by atoms with Crippen LogP contribution in [-0.4, -0.2) is 14.2 Å². The maximum absolute atomic E-state index is 12.5. The largest absolute Gasteiger partial charge is 0.501 e. The van der Waals surface area contributed by atoms with Crippen LogP contribution in [0.4, 0.5) is 0 Å². The Morgan fingerprint density at radius 2 is 2.10 bits per heavy atom. The molecule has 104 valence electrons. The first kappa shape index (κ1) is 14.3. The summed E-state index contributed by atoms with van der Waals surface area (Å²) in [6.45, 7) is 5.59. The minimum atomic E-state index is -0.0217. The summed E-state index contributed by atoms with van der Waals surface area (Å²) in [5.74, 6) is 1.48. The van der Waals surface area contributed by atoms with Crippen molar-refractivity contribution >= 4 is 33.6 Å². The fourth-order valence-corrected chi connectivity index (χ4v) is 3.07. The van der Waals surface area contributed by atoms with Crippen LogP contribution in [0.25, 0.3) is 22.2 Å². The van der Waals surface area contributed by atoms with Crippen LogP contribution in [0.1, 0.15) is 17.4 Å². The molecule has 0 fully saturated rings. The Hall–Kier alpha value is -2.07. The van der Waals surface area contributed by atoms with Crippen LogP contribution < -0.4 is 10.2 Å². The fraction of sp³-hybridized carbons (Fsp3) is 0.188. The monoisotopic (exact) mass is 288 g/mol. The number of hydrogen-bond donors (Lipinski definition) is 0. The smallest absolute Gasteiger partial charge is 0.195 e. The molecule has 1 aromatic heterocycles. The first-order valence-corrected chi connectivity index (χ1v) is 6.92. The highest BCUT2D eigenvalue weighted by Crippen LogP contribution is 2.28. The van der Waals surface area contributed by atoms with Gasteiger partial charge in [0.15, 0.2) is 5.43 Å². The van der Waals surface area contributed by atoms with E-state index in [2.05, 4.69) is 6.58 Å². The van der Waals surface area contributed by atoms with Gasteiger partial charge in [0.25, 0.3) is 0 Å². The van der Waals surface area contributed by atoms with Gasteiger partial charge >= 0.3 is 0 Å². The molecule has 0 saturated heterocycles. The molecule has 0 bridgehead atoms. The van der Waals surface area contributed by atoms with Gasteiger partial charge in [0.2, 0.25) is 0 Å². The van der Waals surface area contributed by atoms with E-state index < -0.39 is 0 Å². The standard InChI is InChI=1S/C16H16O3S/c1-5-12-14(8-10(2)18-3)20-15-9-11(19-4)6-7-13(15)16(12)17/h5-9H,1H2,2-4H3/b10-8+. The maximum Gasteiger partial charge on any atom is 0.195 e. The number of fused-ring (bicyclic) bond motifs is 1. The van der Waals surface area contributed by atoms with E-state index in [0.29, 0.717) is 10.9 Å². The van der Waals surface area contributed by atoms with Crippen LogP contribution in [0.15, 0.2) is 35.3 Å². The van der Waals surface area contributed by atoms with Crippen LogP contribution in [-0.2, 0) is 4.74 Å². The molecule has 0 aliphatic rings. The van der Waals surface area contributed by atoms with Crippen molar-refractivity contribution in [2.45, 2.75) is 6.92 Å². The van der Waals surface area contributed by atoms with Crippen molar-refractivity contribution in [1.29, 1.82) is 0 Å². The van der Waals surface area contributed by atoms with Gasteiger partial charge in [-0.2, -0.15) is 0 Å². The summed E-state index contributed by atoms with van der Waals surface area (Å²) in [6, 6.07) is 5.45. The molecule has 1 aromatic carbocycles. The van der Waals surface area contributed by atoms with Gasteiger partial charge in [-0.3, -0.25) is 4.79 Å². The lowest BCUT2D eigenvalue weighted by molar-refractivity contribution is 0.297. The molecule has 0 aliphatic carbocycles. The second kappa shape index (κ2) is 5.92. The summed E-state index contributed by atoms with van der Waals surface area (Å²) in [7, 11) is 3.21. The zero-order valence-electron chi connectivity index (χ0n) is 11.7. The number of methoxy groups -OCH3 is 2. The predicted octanol–water partition coefficient (Wildman–Crippen LogP) is 3.92. The molecule has 2 rings (SSSR count). The van der Waals surface area contributed by atoms with E-state index in [4.69, 9.17) is 9.47 Å². The number of benzene rings is 1. The van der Waals surface area contributed by atoms with Gasteiger partial charge in [0.1, 0.15) is 5.75 Å². The molecule has 0 atom stereocenters. The fourth-order valence-electron chi connectivity index (χ4n) is 1.88. The van der Waals surface area contributed by atoms with Crippen molar-refractivity contribution in [2.24, 2.45) is 0 Å². The van der Waals surface area contributed by atoms with E-state index >= 15 is 0 Å². The molecular formula is C16H16O3S. The van der Waals surface area contributed by atoms with Crippen LogP contribution in [0, 0.1) is 0 Å². The molecule has 0 spiro atoms. The summed E-state index contributed by atoms with van der Waals surface area (Å²) >= 11 is 1.52. The second-order valence-corrected chi connectivity index (χ2v) is 5.32. The summed E-state index contributed by atoms with van der Waals surface area (Å²) in [4.78, 5) is 13.3. The first-order valence-electron chi connectivity index (χ1n) is 6.10. The van der Waals surface area contributed by atoms with Gasteiger partial charge in [0.05, 0.1) is 20.0 Å². The van der Waals surface area contributed by atoms with E-state index in [0.717, 1.165) is 21.1 Å². The number of hydrogen-bond acceptors (Lipinski definition) is 4. The number of allylic oxidation sites excluding steroid dienone is 1. The molecule has 20 heavy (non-hydrogen) atoms. The average molecular weight is 288 g/mol. The van der Waals surface area contributed by atoms with E-state index in [9.17, 15) is 4.79 Å². The highest BCUT2D eigenvalue weighted by atomic mass is 32.1. The van der Waals surface area contributed by atoms with Crippen molar-refractivity contribution < 1.29 is 9.47 Å². The van der Waals surface area contributed by atoms with E-state index in [1.54, 1.807) is 32.4 Å². The minimum absolute atomic E-state index is 0.0217. The molecular weight excluding hydrogens is 272 g/mol. The summed E-state index contributed by atoms with van der Waals surface area (Å²) < 4.78 is 11.2. The zero-order valence-corrected chi connectivity index (χ0v) is 12.5. The highest BCUT2D eigenvalue weighted by Gasteiger charge is 2.10. The van der Waals surface area contributed by atoms with Crippen LogP contribution in [0.2, 0.25) is 0 Å². The highest BCUT2D eigenvalue weighted by molar-refractivity contribution is 7.19. The lowest BCUT2D eigenvalue weighted by Crippen LogP contribution is -2.06. The third kappa shape index (κ3) is 2.60. The Bertz CT molecular complexity index is 741. The van der Waals surface area contributed by atoms with Gasteiger partial charge in [-0.1, -0.05) is 12.7 Å². The summed E-state index contributed by atoms with van der Waals surface area (Å²) in [5.41, 5.74) is 0.579. The SMILES string of the molecule is C=Cc1c(/C=C(\C)OC)sc2cc(OC)ccc2c1=O. The minimum Gasteiger partial charge on any atom is -0.501 e. The Labute approximate surface area is 121 Å². The first-order chi connectivity index (χ1) is 9.60. The molecule has 0 N–H and O–H groups in total. The van der Waals surface area contributed by atoms with E-state index in [-0.39, 0.29) is 5.43 Å². The molecule has 4 heteroatoms. The van der Waals surface area contributed by atoms with Crippen molar-refractivity contribution in [3.8, 4) is 5.75 Å². The molecule has 0 aliphatic heterocycles. The van der Waals surface area contributed by atoms with Gasteiger partial charge in [-0.25, -0.2) is 0 Å². The van der Waals surface area contributed by atoms with Crippen LogP contribution in [0.3, 0.4) is 0 Å². The lowest BCUT2D eigenvalue weighted by atomic mass is 10.1. The van der Waals surface area contributed by atoms with E-state index in [1.165, 1.54) is 11.3 Å². The normalized spacial score (nSPS) is 11.4. The zero-order chi connectivity index (χ0) is 14.7. The third-order valence-corrected chi connectivity index (χ3v) is 4.14. The van der Waals surface area contributed by atoms with Crippen molar-refractivity contribution in [3.63, 3.8) is 0 Å². The predicted molar refractivity (Wildman–Crippen MR) is 85.4 cm³/mol. The summed E-state index contributed by atoms with van der Waals surface area (Å²) in [5, 5.41) is 0.679. The van der Waals surface area contributed by atoms with Crippen molar-refractivity contribution in [3.05, 3.63) is 51.2 Å². The molecule has 3 nitrogen and oxygen atoms in total. The Balaban J connectivity index is 2.80. The Morgan fingerprint density at radius 3 is 2.70 bits per heavy atom. The van der Waals surface area contributed by atoms with Crippen molar-refractivity contribution in [2.75, 3.05) is 14.2 Å². The average Bonchev–Trinajstić information content (AvgIpc) is 2.46. The topological polar surface area (TPSA) is 35.5 Å². The molecule has 0 radical (unpaired) electrons. The Kier molecular flexibility index (Phi) is 4.25. The van der Waals surface area contributed by atoms with Crippen LogP contribution >= 0.6 is 11.3 Å². The maximum atomic E-state index is 12.5. The van der Waals surface area contributed by atoms with E-state index in [1.807, 2.05) is 19.1 Å². The summed E-state index contributed by atoms with van der Waals surface area (Å²) in [6.07, 6.45) is 3.44. The molecule has 0 unspecified atom stereocenters. The Morgan fingerprint density at radius 1 is 1.35 bits per heavy atom. The molecule has 1 heterocycles.